The lowest BCUT2D eigenvalue weighted by molar-refractivity contribution is -0.274. The summed E-state index contributed by atoms with van der Waals surface area (Å²) in [5.74, 6) is 0.814. The second-order valence-corrected chi connectivity index (χ2v) is 8.87. The number of benzene rings is 1. The molecule has 2 aliphatic carbocycles. The number of halogens is 3. The Bertz CT molecular complexity index is 697. The third-order valence-electron chi connectivity index (χ3n) is 7.15. The van der Waals surface area contributed by atoms with Gasteiger partial charge in [0, 0.05) is 0 Å². The minimum atomic E-state index is -4.66. The molecule has 3 rings (SSSR count). The SMILES string of the molecule is C=CCC(C(=O)O)C1CCC([C@H]2CC[C@H](c3ccc(OC(F)(F)F)cc3)CC2)CC1. The second-order valence-electron chi connectivity index (χ2n) is 8.87. The highest BCUT2D eigenvalue weighted by Crippen LogP contribution is 2.45. The number of allylic oxidation sites excluding steroid dienone is 1. The quantitative estimate of drug-likeness (QED) is 0.482. The number of carbonyl (C=O) groups is 1. The van der Waals surface area contributed by atoms with E-state index in [4.69, 9.17) is 0 Å². The van der Waals surface area contributed by atoms with Crippen molar-refractivity contribution in [1.29, 1.82) is 0 Å². The van der Waals surface area contributed by atoms with Crippen LogP contribution in [-0.2, 0) is 4.79 Å². The van der Waals surface area contributed by atoms with E-state index < -0.39 is 12.3 Å². The van der Waals surface area contributed by atoms with Crippen LogP contribution in [0.4, 0.5) is 13.2 Å². The molecule has 0 saturated heterocycles. The molecule has 0 bridgehead atoms. The molecule has 0 spiro atoms. The Morgan fingerprint density at radius 2 is 1.57 bits per heavy atom. The highest BCUT2D eigenvalue weighted by atomic mass is 19.4. The Morgan fingerprint density at radius 1 is 1.03 bits per heavy atom. The van der Waals surface area contributed by atoms with Gasteiger partial charge in [0.2, 0.25) is 0 Å². The lowest BCUT2D eigenvalue weighted by atomic mass is 9.66. The van der Waals surface area contributed by atoms with Crippen molar-refractivity contribution in [2.75, 3.05) is 0 Å². The molecule has 6 heteroatoms. The Hall–Kier alpha value is -1.98. The predicted octanol–water partition coefficient (Wildman–Crippen LogP) is 6.94. The van der Waals surface area contributed by atoms with Crippen LogP contribution < -0.4 is 4.74 Å². The first-order valence-corrected chi connectivity index (χ1v) is 11.0. The van der Waals surface area contributed by atoms with E-state index in [-0.39, 0.29) is 17.6 Å². The number of alkyl halides is 3. The second kappa shape index (κ2) is 9.88. The molecule has 1 N–H and O–H groups in total. The van der Waals surface area contributed by atoms with Crippen LogP contribution in [0.3, 0.4) is 0 Å². The van der Waals surface area contributed by atoms with Crippen molar-refractivity contribution in [3.63, 3.8) is 0 Å². The highest BCUT2D eigenvalue weighted by Gasteiger charge is 2.35. The maximum atomic E-state index is 12.3. The fourth-order valence-corrected chi connectivity index (χ4v) is 5.56. The van der Waals surface area contributed by atoms with Crippen LogP contribution in [-0.4, -0.2) is 17.4 Å². The van der Waals surface area contributed by atoms with Crippen LogP contribution in [0.5, 0.6) is 5.75 Å². The Kier molecular flexibility index (Phi) is 7.48. The number of carboxylic acid groups (broad SMARTS) is 1. The summed E-state index contributed by atoms with van der Waals surface area (Å²) in [7, 11) is 0. The lowest BCUT2D eigenvalue weighted by Gasteiger charge is -2.39. The molecule has 3 nitrogen and oxygen atoms in total. The molecule has 0 heterocycles. The van der Waals surface area contributed by atoms with Crippen LogP contribution in [0.25, 0.3) is 0 Å². The summed E-state index contributed by atoms with van der Waals surface area (Å²) in [6, 6.07) is 6.31. The maximum Gasteiger partial charge on any atom is 0.573 e. The zero-order valence-electron chi connectivity index (χ0n) is 17.2. The van der Waals surface area contributed by atoms with Gasteiger partial charge in [-0.3, -0.25) is 4.79 Å². The number of ether oxygens (including phenoxy) is 1. The molecule has 0 aromatic heterocycles. The standard InChI is InChI=1S/C24H31F3O3/c1-2-3-22(23(28)29)20-10-8-18(9-11-20)16-4-6-17(7-5-16)19-12-14-21(15-13-19)30-24(25,26)27/h2,12-18,20,22H,1,3-11H2,(H,28,29)/t16-,17-,18?,20?,22?. The molecule has 0 radical (unpaired) electrons. The van der Waals surface area contributed by atoms with Gasteiger partial charge in [0.15, 0.2) is 0 Å². The van der Waals surface area contributed by atoms with Crippen molar-refractivity contribution in [1.82, 2.24) is 0 Å². The summed E-state index contributed by atoms with van der Waals surface area (Å²) in [5, 5.41) is 9.47. The fourth-order valence-electron chi connectivity index (χ4n) is 5.56. The van der Waals surface area contributed by atoms with E-state index in [1.54, 1.807) is 18.2 Å². The van der Waals surface area contributed by atoms with Crippen LogP contribution in [0.1, 0.15) is 69.3 Å². The van der Waals surface area contributed by atoms with Crippen molar-refractivity contribution >= 4 is 5.97 Å². The molecular formula is C24H31F3O3. The minimum absolute atomic E-state index is 0.173. The van der Waals surface area contributed by atoms with Gasteiger partial charge in [0.1, 0.15) is 5.75 Å². The van der Waals surface area contributed by atoms with Gasteiger partial charge >= 0.3 is 12.3 Å². The molecule has 2 fully saturated rings. The summed E-state index contributed by atoms with van der Waals surface area (Å²) in [5.41, 5.74) is 1.08. The summed E-state index contributed by atoms with van der Waals surface area (Å²) < 4.78 is 40.9. The van der Waals surface area contributed by atoms with E-state index in [9.17, 15) is 23.1 Å². The van der Waals surface area contributed by atoms with E-state index in [0.29, 0.717) is 24.2 Å². The van der Waals surface area contributed by atoms with Crippen LogP contribution in [0.15, 0.2) is 36.9 Å². The topological polar surface area (TPSA) is 46.5 Å². The molecule has 0 aliphatic heterocycles. The van der Waals surface area contributed by atoms with Gasteiger partial charge in [-0.2, -0.15) is 0 Å². The van der Waals surface area contributed by atoms with Crippen LogP contribution >= 0.6 is 0 Å². The van der Waals surface area contributed by atoms with Gasteiger partial charge in [-0.25, -0.2) is 0 Å². The maximum absolute atomic E-state index is 12.3. The summed E-state index contributed by atoms with van der Waals surface area (Å²) >= 11 is 0. The van der Waals surface area contributed by atoms with Crippen molar-refractivity contribution < 1.29 is 27.8 Å². The highest BCUT2D eigenvalue weighted by molar-refractivity contribution is 5.70. The van der Waals surface area contributed by atoms with Crippen LogP contribution in [0, 0.1) is 23.7 Å². The molecular weight excluding hydrogens is 393 g/mol. The third-order valence-corrected chi connectivity index (χ3v) is 7.15. The zero-order chi connectivity index (χ0) is 21.7. The first-order valence-electron chi connectivity index (χ1n) is 11.0. The molecule has 0 amide bonds. The van der Waals surface area contributed by atoms with Crippen molar-refractivity contribution in [2.24, 2.45) is 23.7 Å². The van der Waals surface area contributed by atoms with E-state index in [1.165, 1.54) is 12.1 Å². The molecule has 1 aromatic carbocycles. The largest absolute Gasteiger partial charge is 0.573 e. The molecule has 166 valence electrons. The molecule has 2 saturated carbocycles. The van der Waals surface area contributed by atoms with E-state index >= 15 is 0 Å². The number of rotatable bonds is 7. The van der Waals surface area contributed by atoms with Crippen molar-refractivity contribution in [2.45, 2.75) is 70.1 Å². The first-order chi connectivity index (χ1) is 14.3. The smallest absolute Gasteiger partial charge is 0.481 e. The van der Waals surface area contributed by atoms with Gasteiger partial charge in [0.25, 0.3) is 0 Å². The van der Waals surface area contributed by atoms with Gasteiger partial charge < -0.3 is 9.84 Å². The lowest BCUT2D eigenvalue weighted by Crippen LogP contribution is -2.30. The summed E-state index contributed by atoms with van der Waals surface area (Å²) in [4.78, 5) is 11.5. The van der Waals surface area contributed by atoms with Gasteiger partial charge in [-0.1, -0.05) is 18.2 Å². The van der Waals surface area contributed by atoms with Crippen LogP contribution in [0.2, 0.25) is 0 Å². The normalized spacial score (nSPS) is 28.5. The third kappa shape index (κ3) is 6.02. The van der Waals surface area contributed by atoms with E-state index in [0.717, 1.165) is 56.9 Å². The van der Waals surface area contributed by atoms with E-state index in [2.05, 4.69) is 11.3 Å². The monoisotopic (exact) mass is 424 g/mol. The molecule has 1 aromatic rings. The van der Waals surface area contributed by atoms with Crippen molar-refractivity contribution in [3.05, 3.63) is 42.5 Å². The Labute approximate surface area is 176 Å². The number of carboxylic acids is 1. The van der Waals surface area contributed by atoms with Gasteiger partial charge in [-0.05, 0) is 99.2 Å². The minimum Gasteiger partial charge on any atom is -0.481 e. The molecule has 1 unspecified atom stereocenters. The van der Waals surface area contributed by atoms with Crippen molar-refractivity contribution in [3.8, 4) is 5.75 Å². The Morgan fingerprint density at radius 3 is 2.03 bits per heavy atom. The van der Waals surface area contributed by atoms with Gasteiger partial charge in [-0.15, -0.1) is 19.8 Å². The predicted molar refractivity (Wildman–Crippen MR) is 109 cm³/mol. The summed E-state index contributed by atoms with van der Waals surface area (Å²) in [6.45, 7) is 3.70. The first kappa shape index (κ1) is 22.7. The number of aliphatic carboxylic acids is 1. The van der Waals surface area contributed by atoms with Gasteiger partial charge in [0.05, 0.1) is 5.92 Å². The van der Waals surface area contributed by atoms with E-state index in [1.807, 2.05) is 0 Å². The molecule has 30 heavy (non-hydrogen) atoms. The molecule has 1 atom stereocenters. The summed E-state index contributed by atoms with van der Waals surface area (Å²) in [6.07, 6.45) is 6.15. The average molecular weight is 425 g/mol. The molecule has 2 aliphatic rings. The average Bonchev–Trinajstić information content (AvgIpc) is 2.72. The fraction of sp³-hybridized carbons (Fsp3) is 0.625. The zero-order valence-corrected chi connectivity index (χ0v) is 17.2. The Balaban J connectivity index is 1.47. The number of hydrogen-bond acceptors (Lipinski definition) is 2. The number of hydrogen-bond donors (Lipinski definition) is 1.